The normalized spacial score (nSPS) is 18.1. The van der Waals surface area contributed by atoms with Gasteiger partial charge in [-0.3, -0.25) is 9.59 Å². The van der Waals surface area contributed by atoms with Crippen molar-refractivity contribution in [3.05, 3.63) is 0 Å². The predicted molar refractivity (Wildman–Crippen MR) is 76.5 cm³/mol. The molecular weight excluding hydrogens is 258 g/mol. The lowest BCUT2D eigenvalue weighted by molar-refractivity contribution is -0.137. The second-order valence-corrected chi connectivity index (χ2v) is 5.76. The van der Waals surface area contributed by atoms with Crippen LogP contribution in [0.3, 0.4) is 0 Å². The van der Waals surface area contributed by atoms with Gasteiger partial charge in [-0.05, 0) is 38.0 Å². The molecule has 1 rings (SSSR count). The molecule has 0 radical (unpaired) electrons. The number of hydrogen-bond acceptors (Lipinski definition) is 3. The highest BCUT2D eigenvalue weighted by molar-refractivity contribution is 5.77. The Bertz CT molecular complexity index is 320. The summed E-state index contributed by atoms with van der Waals surface area (Å²) in [5, 5.41) is 11.6. The lowest BCUT2D eigenvalue weighted by atomic mass is 9.77. The van der Waals surface area contributed by atoms with Crippen molar-refractivity contribution in [2.75, 3.05) is 13.7 Å². The van der Waals surface area contributed by atoms with Gasteiger partial charge in [-0.2, -0.15) is 0 Å². The van der Waals surface area contributed by atoms with Crippen molar-refractivity contribution in [1.29, 1.82) is 0 Å². The van der Waals surface area contributed by atoms with Crippen LogP contribution in [-0.4, -0.2) is 36.2 Å². The van der Waals surface area contributed by atoms with Gasteiger partial charge in [0.2, 0.25) is 5.91 Å². The second kappa shape index (κ2) is 8.25. The van der Waals surface area contributed by atoms with E-state index >= 15 is 0 Å². The first-order valence-electron chi connectivity index (χ1n) is 7.55. The van der Waals surface area contributed by atoms with Gasteiger partial charge in [0.05, 0.1) is 12.0 Å². The van der Waals surface area contributed by atoms with E-state index in [1.54, 1.807) is 7.11 Å². The maximum absolute atomic E-state index is 11.9. The van der Waals surface area contributed by atoms with Crippen molar-refractivity contribution in [2.45, 2.75) is 63.9 Å². The minimum Gasteiger partial charge on any atom is -0.481 e. The number of carbonyl (C=O) groups is 2. The molecule has 2 N–H and O–H groups in total. The highest BCUT2D eigenvalue weighted by atomic mass is 16.5. The fraction of sp³-hybridized carbons (Fsp3) is 0.867. The summed E-state index contributed by atoms with van der Waals surface area (Å²) in [6.45, 7) is 2.68. The lowest BCUT2D eigenvalue weighted by Gasteiger charge is -2.39. The Morgan fingerprint density at radius 1 is 1.35 bits per heavy atom. The summed E-state index contributed by atoms with van der Waals surface area (Å²) in [5.74, 6) is -0.342. The molecule has 116 valence electrons. The Morgan fingerprint density at radius 2 is 2.05 bits per heavy atom. The number of ether oxygens (including phenoxy) is 1. The quantitative estimate of drug-likeness (QED) is 0.646. The number of hydrogen-bond donors (Lipinski definition) is 2. The van der Waals surface area contributed by atoms with Crippen LogP contribution < -0.4 is 5.32 Å². The third kappa shape index (κ3) is 5.49. The molecule has 1 aliphatic rings. The third-order valence-electron chi connectivity index (χ3n) is 4.40. The molecule has 1 atom stereocenters. The molecule has 1 aliphatic carbocycles. The van der Waals surface area contributed by atoms with E-state index in [0.717, 1.165) is 32.1 Å². The van der Waals surface area contributed by atoms with Crippen molar-refractivity contribution in [3.8, 4) is 0 Å². The van der Waals surface area contributed by atoms with E-state index in [2.05, 4.69) is 12.2 Å². The van der Waals surface area contributed by atoms with E-state index in [1.165, 1.54) is 0 Å². The zero-order chi connectivity index (χ0) is 15.0. The molecule has 20 heavy (non-hydrogen) atoms. The zero-order valence-corrected chi connectivity index (χ0v) is 12.6. The van der Waals surface area contributed by atoms with Gasteiger partial charge < -0.3 is 15.2 Å². The van der Waals surface area contributed by atoms with Crippen molar-refractivity contribution < 1.29 is 19.4 Å². The van der Waals surface area contributed by atoms with E-state index in [0.29, 0.717) is 25.3 Å². The molecule has 1 fully saturated rings. The molecular formula is C15H27NO4. The van der Waals surface area contributed by atoms with Crippen molar-refractivity contribution in [2.24, 2.45) is 5.92 Å². The smallest absolute Gasteiger partial charge is 0.303 e. The summed E-state index contributed by atoms with van der Waals surface area (Å²) in [4.78, 5) is 22.4. The Kier molecular flexibility index (Phi) is 6.99. The number of nitrogens with one attached hydrogen (secondary N) is 1. The van der Waals surface area contributed by atoms with Crippen LogP contribution in [-0.2, 0) is 14.3 Å². The number of rotatable bonds is 10. The molecule has 1 amide bonds. The van der Waals surface area contributed by atoms with Gasteiger partial charge in [-0.25, -0.2) is 0 Å². The Hall–Kier alpha value is -1.10. The Balaban J connectivity index is 2.18. The van der Waals surface area contributed by atoms with E-state index < -0.39 is 5.97 Å². The van der Waals surface area contributed by atoms with Crippen molar-refractivity contribution in [3.63, 3.8) is 0 Å². The van der Waals surface area contributed by atoms with Crippen LogP contribution in [0.25, 0.3) is 0 Å². The van der Waals surface area contributed by atoms with Crippen LogP contribution in [0.4, 0.5) is 0 Å². The van der Waals surface area contributed by atoms with Gasteiger partial charge in [0.1, 0.15) is 0 Å². The van der Waals surface area contributed by atoms with E-state index in [-0.39, 0.29) is 17.9 Å². The van der Waals surface area contributed by atoms with Crippen LogP contribution in [0.5, 0.6) is 0 Å². The molecule has 0 spiro atoms. The lowest BCUT2D eigenvalue weighted by Crippen LogP contribution is -2.44. The van der Waals surface area contributed by atoms with Gasteiger partial charge in [-0.15, -0.1) is 0 Å². The van der Waals surface area contributed by atoms with Crippen LogP contribution in [0, 0.1) is 5.92 Å². The molecule has 0 saturated heterocycles. The Morgan fingerprint density at radius 3 is 2.50 bits per heavy atom. The van der Waals surface area contributed by atoms with Gasteiger partial charge in [0.25, 0.3) is 0 Å². The monoisotopic (exact) mass is 285 g/mol. The second-order valence-electron chi connectivity index (χ2n) is 5.76. The standard InChI is InChI=1S/C15H27NO4/c1-3-12(5-6-14(18)19)7-10-16-13(17)11-15(20-2)8-4-9-15/h12H,3-11H2,1-2H3,(H,16,17)(H,18,19). The average Bonchev–Trinajstić information content (AvgIpc) is 2.37. The summed E-state index contributed by atoms with van der Waals surface area (Å²) >= 11 is 0. The first kappa shape index (κ1) is 17.0. The minimum absolute atomic E-state index is 0.0413. The summed E-state index contributed by atoms with van der Waals surface area (Å²) in [6.07, 6.45) is 6.19. The molecule has 0 aromatic rings. The molecule has 1 saturated carbocycles. The summed E-state index contributed by atoms with van der Waals surface area (Å²) < 4.78 is 5.43. The fourth-order valence-electron chi connectivity index (χ4n) is 2.68. The van der Waals surface area contributed by atoms with Gasteiger partial charge in [0.15, 0.2) is 0 Å². The fourth-order valence-corrected chi connectivity index (χ4v) is 2.68. The molecule has 0 heterocycles. The van der Waals surface area contributed by atoms with Crippen LogP contribution in [0.2, 0.25) is 0 Å². The summed E-state index contributed by atoms with van der Waals surface area (Å²) in [7, 11) is 1.67. The third-order valence-corrected chi connectivity index (χ3v) is 4.40. The number of amides is 1. The van der Waals surface area contributed by atoms with Crippen molar-refractivity contribution in [1.82, 2.24) is 5.32 Å². The molecule has 5 nitrogen and oxygen atoms in total. The first-order valence-corrected chi connectivity index (χ1v) is 7.55. The van der Waals surface area contributed by atoms with Crippen LogP contribution in [0.1, 0.15) is 58.3 Å². The van der Waals surface area contributed by atoms with E-state index in [1.807, 2.05) is 0 Å². The summed E-state index contributed by atoms with van der Waals surface area (Å²) in [6, 6.07) is 0. The SMILES string of the molecule is CCC(CCNC(=O)CC1(OC)CCC1)CCC(=O)O. The highest BCUT2D eigenvalue weighted by Crippen LogP contribution is 2.37. The summed E-state index contributed by atoms with van der Waals surface area (Å²) in [5.41, 5.74) is -0.225. The largest absolute Gasteiger partial charge is 0.481 e. The van der Waals surface area contributed by atoms with Gasteiger partial charge in [0, 0.05) is 20.1 Å². The molecule has 5 heteroatoms. The van der Waals surface area contributed by atoms with Gasteiger partial charge >= 0.3 is 5.97 Å². The minimum atomic E-state index is -0.750. The van der Waals surface area contributed by atoms with Crippen molar-refractivity contribution >= 4 is 11.9 Å². The van der Waals surface area contributed by atoms with E-state index in [9.17, 15) is 9.59 Å². The van der Waals surface area contributed by atoms with Gasteiger partial charge in [-0.1, -0.05) is 13.3 Å². The Labute approximate surface area is 121 Å². The molecule has 0 aliphatic heterocycles. The number of aliphatic carboxylic acids is 1. The highest BCUT2D eigenvalue weighted by Gasteiger charge is 2.38. The number of methoxy groups -OCH3 is 1. The number of carbonyl (C=O) groups excluding carboxylic acids is 1. The topological polar surface area (TPSA) is 75.6 Å². The number of carboxylic acids is 1. The molecule has 0 bridgehead atoms. The zero-order valence-electron chi connectivity index (χ0n) is 12.6. The molecule has 0 aromatic heterocycles. The van der Waals surface area contributed by atoms with Crippen LogP contribution in [0.15, 0.2) is 0 Å². The van der Waals surface area contributed by atoms with E-state index in [4.69, 9.17) is 9.84 Å². The number of carboxylic acid groups (broad SMARTS) is 1. The first-order chi connectivity index (χ1) is 9.51. The average molecular weight is 285 g/mol. The molecule has 1 unspecified atom stereocenters. The van der Waals surface area contributed by atoms with Crippen LogP contribution >= 0.6 is 0 Å². The maximum Gasteiger partial charge on any atom is 0.303 e. The predicted octanol–water partition coefficient (Wildman–Crippen LogP) is 2.34. The maximum atomic E-state index is 11.9. The molecule has 0 aromatic carbocycles.